The predicted molar refractivity (Wildman–Crippen MR) is 114 cm³/mol. The molecule has 0 radical (unpaired) electrons. The van der Waals surface area contributed by atoms with Gasteiger partial charge in [-0.05, 0) is 29.3 Å². The number of sulfonamides is 1. The number of benzene rings is 2. The molecule has 2 aliphatic heterocycles. The van der Waals surface area contributed by atoms with Crippen LogP contribution in [0.1, 0.15) is 33.2 Å². The van der Waals surface area contributed by atoms with Gasteiger partial charge in [-0.1, -0.05) is 41.9 Å². The Balaban J connectivity index is 1.76. The summed E-state index contributed by atoms with van der Waals surface area (Å²) >= 11 is 5.82. The third-order valence-electron chi connectivity index (χ3n) is 5.42. The number of rotatable bonds is 0. The number of alkyl halides is 3. The number of carbonyl (C=O) groups excluding carboxylic acids is 1. The predicted octanol–water partition coefficient (Wildman–Crippen LogP) is 4.04. The molecule has 3 heterocycles. The van der Waals surface area contributed by atoms with Gasteiger partial charge in [0.2, 0.25) is 11.8 Å². The molecule has 2 aliphatic rings. The molecule has 13 heteroatoms. The first-order chi connectivity index (χ1) is 16.0. The number of aromatic nitrogens is 2. The van der Waals surface area contributed by atoms with Crippen LogP contribution in [0.25, 0.3) is 0 Å². The number of hydrogen-bond acceptors (Lipinski definition) is 6. The summed E-state index contributed by atoms with van der Waals surface area (Å²) in [5.74, 6) is -2.17. The van der Waals surface area contributed by atoms with Gasteiger partial charge in [0.1, 0.15) is 6.10 Å². The minimum absolute atomic E-state index is 0.0851. The van der Waals surface area contributed by atoms with Crippen LogP contribution in [0.5, 0.6) is 5.88 Å². The molecule has 1 amide bonds. The zero-order valence-corrected chi connectivity index (χ0v) is 18.6. The monoisotopic (exact) mass is 510 g/mol. The Hall–Kier alpha value is -3.38. The van der Waals surface area contributed by atoms with Crippen molar-refractivity contribution in [2.24, 2.45) is 0 Å². The fourth-order valence-corrected chi connectivity index (χ4v) is 5.15. The van der Waals surface area contributed by atoms with Crippen molar-refractivity contribution in [1.82, 2.24) is 14.9 Å². The molecule has 0 spiro atoms. The summed E-state index contributed by atoms with van der Waals surface area (Å²) in [7, 11) is -4.36. The van der Waals surface area contributed by atoms with Gasteiger partial charge >= 0.3 is 6.18 Å². The summed E-state index contributed by atoms with van der Waals surface area (Å²) in [6, 6.07) is 12.1. The fourth-order valence-electron chi connectivity index (χ4n) is 3.89. The van der Waals surface area contributed by atoms with Crippen molar-refractivity contribution in [2.75, 3.05) is 11.3 Å². The summed E-state index contributed by atoms with van der Waals surface area (Å²) in [5, 5.41) is -1.03. The number of nitrogens with one attached hydrogen (secondary N) is 1. The van der Waals surface area contributed by atoms with E-state index >= 15 is 0 Å². The van der Waals surface area contributed by atoms with E-state index in [4.69, 9.17) is 16.3 Å². The highest BCUT2D eigenvalue weighted by Crippen LogP contribution is 2.42. The Morgan fingerprint density at radius 1 is 1.12 bits per heavy atom. The summed E-state index contributed by atoms with van der Waals surface area (Å²) < 4.78 is 74.9. The Kier molecular flexibility index (Phi) is 5.17. The molecule has 0 fully saturated rings. The van der Waals surface area contributed by atoms with Gasteiger partial charge in [0, 0.05) is 12.1 Å². The molecule has 1 aromatic heterocycles. The topological polar surface area (TPSA) is 101 Å². The molecule has 1 unspecified atom stereocenters. The lowest BCUT2D eigenvalue weighted by Gasteiger charge is -2.35. The van der Waals surface area contributed by atoms with Crippen LogP contribution >= 0.6 is 11.6 Å². The second-order valence-electron chi connectivity index (χ2n) is 7.64. The Morgan fingerprint density at radius 3 is 2.65 bits per heavy atom. The van der Waals surface area contributed by atoms with Gasteiger partial charge in [-0.15, -0.1) is 0 Å². The number of amides is 1. The maximum atomic E-state index is 13.8. The van der Waals surface area contributed by atoms with Gasteiger partial charge in [0.25, 0.3) is 15.9 Å². The number of carbonyl (C=O) groups is 1. The molecule has 8 nitrogen and oxygen atoms in total. The minimum atomic E-state index is -4.99. The molecule has 0 saturated carbocycles. The Bertz CT molecular complexity index is 1430. The first-order valence-electron chi connectivity index (χ1n) is 9.84. The zero-order chi connectivity index (χ0) is 24.3. The van der Waals surface area contributed by atoms with E-state index in [2.05, 4.69) is 9.97 Å². The molecule has 2 aromatic carbocycles. The van der Waals surface area contributed by atoms with E-state index in [-0.39, 0.29) is 23.5 Å². The highest BCUT2D eigenvalue weighted by atomic mass is 35.5. The van der Waals surface area contributed by atoms with Gasteiger partial charge in [0.05, 0.1) is 11.4 Å². The average Bonchev–Trinajstić information content (AvgIpc) is 2.76. The zero-order valence-electron chi connectivity index (χ0n) is 17.0. The van der Waals surface area contributed by atoms with Gasteiger partial charge in [-0.25, -0.2) is 13.1 Å². The van der Waals surface area contributed by atoms with Crippen LogP contribution in [0, 0.1) is 0 Å². The Morgan fingerprint density at radius 2 is 1.88 bits per heavy atom. The van der Waals surface area contributed by atoms with Crippen LogP contribution < -0.4 is 9.46 Å². The standard InChI is InChI=1S/C21H14ClF3N4O4S/c22-17-16(21(23,24)25)18-27-20(26-17)28-34(31,32)13-6-3-5-11(8-13)19(30)29-9-12-4-1-2-7-14(12)15(10-29)33-18/h1-8,15H,9-10H2,(H,26,27,28). The number of fused-ring (bicyclic) bond motifs is 8. The number of ether oxygens (including phenoxy) is 1. The summed E-state index contributed by atoms with van der Waals surface area (Å²) in [4.78, 5) is 21.5. The van der Waals surface area contributed by atoms with Crippen LogP contribution in [0.15, 0.2) is 53.4 Å². The van der Waals surface area contributed by atoms with Gasteiger partial charge in [0.15, 0.2) is 10.7 Å². The van der Waals surface area contributed by atoms with E-state index in [0.717, 1.165) is 0 Å². The highest BCUT2D eigenvalue weighted by molar-refractivity contribution is 7.92. The van der Waals surface area contributed by atoms with E-state index in [1.54, 1.807) is 24.3 Å². The summed E-state index contributed by atoms with van der Waals surface area (Å²) in [5.41, 5.74) is -0.131. The first-order valence-corrected chi connectivity index (χ1v) is 11.7. The SMILES string of the molecule is O=C1c2cccc(c2)S(=O)(=O)Nc2nc(Cl)c(C(F)(F)F)c(n2)OC2CN1Cc1ccccc12. The molecule has 3 aromatic rings. The minimum Gasteiger partial charge on any atom is -0.467 e. The number of nitrogens with zero attached hydrogens (tertiary/aromatic N) is 3. The Labute approximate surface area is 196 Å². The molecule has 0 aliphatic carbocycles. The summed E-state index contributed by atoms with van der Waals surface area (Å²) in [6.07, 6.45) is -6.02. The van der Waals surface area contributed by atoms with Crippen molar-refractivity contribution in [2.45, 2.75) is 23.7 Å². The number of hydrogen-bond donors (Lipinski definition) is 1. The average molecular weight is 511 g/mol. The van der Waals surface area contributed by atoms with Crippen LogP contribution in [0.2, 0.25) is 5.15 Å². The largest absolute Gasteiger partial charge is 0.467 e. The summed E-state index contributed by atoms with van der Waals surface area (Å²) in [6.45, 7) is 0.0561. The van der Waals surface area contributed by atoms with E-state index < -0.39 is 50.8 Å². The smallest absolute Gasteiger partial charge is 0.424 e. The lowest BCUT2D eigenvalue weighted by Crippen LogP contribution is -2.40. The lowest BCUT2D eigenvalue weighted by molar-refractivity contribution is -0.140. The van der Waals surface area contributed by atoms with Crippen LogP contribution in [0.4, 0.5) is 19.1 Å². The van der Waals surface area contributed by atoms with Gasteiger partial charge in [-0.2, -0.15) is 23.1 Å². The molecule has 34 heavy (non-hydrogen) atoms. The third-order valence-corrected chi connectivity index (χ3v) is 7.02. The van der Waals surface area contributed by atoms with Crippen LogP contribution in [-0.2, 0) is 22.7 Å². The van der Waals surface area contributed by atoms with Crippen molar-refractivity contribution in [3.63, 3.8) is 0 Å². The van der Waals surface area contributed by atoms with Gasteiger partial charge in [-0.3, -0.25) is 4.79 Å². The normalized spacial score (nSPS) is 19.0. The van der Waals surface area contributed by atoms with Crippen LogP contribution in [0.3, 0.4) is 0 Å². The number of anilines is 1. The maximum absolute atomic E-state index is 13.8. The molecular weight excluding hydrogens is 497 g/mol. The highest BCUT2D eigenvalue weighted by Gasteiger charge is 2.41. The number of halogens is 4. The fraction of sp³-hybridized carbons (Fsp3) is 0.190. The third kappa shape index (κ3) is 3.92. The molecule has 176 valence electrons. The quantitative estimate of drug-likeness (QED) is 0.458. The first kappa shape index (κ1) is 22.4. The van der Waals surface area contributed by atoms with Crippen molar-refractivity contribution in [3.8, 4) is 5.88 Å². The van der Waals surface area contributed by atoms with Gasteiger partial charge < -0.3 is 9.64 Å². The maximum Gasteiger partial charge on any atom is 0.424 e. The molecule has 5 rings (SSSR count). The van der Waals surface area contributed by atoms with Crippen molar-refractivity contribution < 1.29 is 31.1 Å². The second kappa shape index (κ2) is 7.84. The van der Waals surface area contributed by atoms with Crippen LogP contribution in [-0.4, -0.2) is 35.7 Å². The second-order valence-corrected chi connectivity index (χ2v) is 9.68. The molecule has 1 atom stereocenters. The molecule has 1 N–H and O–H groups in total. The molecular formula is C21H14ClF3N4O4S. The van der Waals surface area contributed by atoms with E-state index in [9.17, 15) is 26.4 Å². The van der Waals surface area contributed by atoms with E-state index in [0.29, 0.717) is 11.1 Å². The van der Waals surface area contributed by atoms with Crippen molar-refractivity contribution >= 4 is 33.5 Å². The van der Waals surface area contributed by atoms with Crippen molar-refractivity contribution in [1.29, 1.82) is 0 Å². The lowest BCUT2D eigenvalue weighted by atomic mass is 9.96. The van der Waals surface area contributed by atoms with E-state index in [1.807, 2.05) is 4.72 Å². The van der Waals surface area contributed by atoms with Crippen molar-refractivity contribution in [3.05, 3.63) is 75.9 Å². The molecule has 6 bridgehead atoms. The van der Waals surface area contributed by atoms with E-state index in [1.165, 1.54) is 29.2 Å². The molecule has 0 saturated heterocycles.